The maximum atomic E-state index is 14.2. The number of carbonyl (C=O) groups is 2. The van der Waals surface area contributed by atoms with Crippen LogP contribution in [0.3, 0.4) is 0 Å². The van der Waals surface area contributed by atoms with Crippen molar-refractivity contribution in [2.24, 2.45) is 11.8 Å². The van der Waals surface area contributed by atoms with Gasteiger partial charge in [-0.3, -0.25) is 9.59 Å². The van der Waals surface area contributed by atoms with Gasteiger partial charge in [-0.1, -0.05) is 37.3 Å². The SMILES string of the molecule is C[C@@H]1CCCCO[C@@H](CN(C)CC2CC2)[C@@H](C)CN([C@H](C)CO)C(=O)c2cc(NC(=O)Cc3ccccc3)ccc2O1. The molecule has 0 saturated heterocycles. The predicted molar refractivity (Wildman–Crippen MR) is 166 cm³/mol. The minimum absolute atomic E-state index is 0.0327. The third-order valence-electron chi connectivity index (χ3n) is 8.30. The van der Waals surface area contributed by atoms with E-state index in [1.54, 1.807) is 23.1 Å². The van der Waals surface area contributed by atoms with Crippen molar-refractivity contribution in [3.05, 3.63) is 59.7 Å². The minimum Gasteiger partial charge on any atom is -0.490 e. The Morgan fingerprint density at radius 2 is 1.86 bits per heavy atom. The van der Waals surface area contributed by atoms with Crippen molar-refractivity contribution in [1.29, 1.82) is 0 Å². The van der Waals surface area contributed by atoms with Gasteiger partial charge in [0.25, 0.3) is 5.91 Å². The number of ether oxygens (including phenoxy) is 2. The normalized spacial score (nSPS) is 23.0. The average Bonchev–Trinajstić information content (AvgIpc) is 3.79. The Bertz CT molecular complexity index is 1160. The Morgan fingerprint density at radius 1 is 1.10 bits per heavy atom. The van der Waals surface area contributed by atoms with Gasteiger partial charge in [0.05, 0.1) is 36.8 Å². The molecule has 2 aromatic carbocycles. The molecule has 8 heteroatoms. The van der Waals surface area contributed by atoms with Crippen LogP contribution in [-0.2, 0) is 16.0 Å². The van der Waals surface area contributed by atoms with Crippen molar-refractivity contribution < 1.29 is 24.2 Å². The van der Waals surface area contributed by atoms with E-state index < -0.39 is 6.04 Å². The minimum atomic E-state index is -0.403. The Morgan fingerprint density at radius 3 is 2.57 bits per heavy atom. The van der Waals surface area contributed by atoms with Crippen LogP contribution < -0.4 is 10.1 Å². The van der Waals surface area contributed by atoms with Gasteiger partial charge >= 0.3 is 0 Å². The number of nitrogens with zero attached hydrogens (tertiary/aromatic N) is 2. The van der Waals surface area contributed by atoms with Crippen LogP contribution in [0, 0.1) is 11.8 Å². The molecule has 1 fully saturated rings. The summed E-state index contributed by atoms with van der Waals surface area (Å²) in [4.78, 5) is 31.2. The van der Waals surface area contributed by atoms with E-state index in [-0.39, 0.29) is 43.0 Å². The first-order valence-corrected chi connectivity index (χ1v) is 15.6. The number of amides is 2. The molecule has 8 nitrogen and oxygen atoms in total. The molecule has 2 aromatic rings. The van der Waals surface area contributed by atoms with Gasteiger partial charge in [-0.25, -0.2) is 0 Å². The largest absolute Gasteiger partial charge is 0.490 e. The first kappa shape index (κ1) is 32.0. The molecule has 4 atom stereocenters. The third-order valence-corrected chi connectivity index (χ3v) is 8.30. The van der Waals surface area contributed by atoms with E-state index in [9.17, 15) is 14.7 Å². The van der Waals surface area contributed by atoms with E-state index in [1.165, 1.54) is 12.8 Å². The highest BCUT2D eigenvalue weighted by Crippen LogP contribution is 2.30. The van der Waals surface area contributed by atoms with Crippen molar-refractivity contribution in [2.45, 2.75) is 77.5 Å². The van der Waals surface area contributed by atoms with E-state index in [0.29, 0.717) is 30.2 Å². The van der Waals surface area contributed by atoms with Crippen LogP contribution >= 0.6 is 0 Å². The second-order valence-electron chi connectivity index (χ2n) is 12.4. The molecule has 0 aromatic heterocycles. The Labute approximate surface area is 251 Å². The molecule has 1 aliphatic carbocycles. The zero-order valence-corrected chi connectivity index (χ0v) is 25.8. The number of hydrogen-bond donors (Lipinski definition) is 2. The van der Waals surface area contributed by atoms with Gasteiger partial charge in [-0.2, -0.15) is 0 Å². The molecule has 230 valence electrons. The molecule has 1 heterocycles. The van der Waals surface area contributed by atoms with Crippen LogP contribution in [0.4, 0.5) is 5.69 Å². The number of aliphatic hydroxyl groups excluding tert-OH is 1. The van der Waals surface area contributed by atoms with Crippen LogP contribution in [0.15, 0.2) is 48.5 Å². The molecule has 2 amide bonds. The van der Waals surface area contributed by atoms with Crippen LogP contribution in [-0.4, -0.2) is 84.9 Å². The lowest BCUT2D eigenvalue weighted by atomic mass is 10.0. The quantitative estimate of drug-likeness (QED) is 0.434. The van der Waals surface area contributed by atoms with E-state index in [0.717, 1.165) is 43.8 Å². The first-order chi connectivity index (χ1) is 20.2. The Kier molecular flexibility index (Phi) is 11.8. The molecular weight excluding hydrogens is 530 g/mol. The second kappa shape index (κ2) is 15.5. The van der Waals surface area contributed by atoms with Gasteiger partial charge in [0.15, 0.2) is 0 Å². The predicted octanol–water partition coefficient (Wildman–Crippen LogP) is 5.01. The van der Waals surface area contributed by atoms with E-state index in [2.05, 4.69) is 24.2 Å². The highest BCUT2D eigenvalue weighted by atomic mass is 16.5. The number of fused-ring (bicyclic) bond motifs is 1. The number of hydrogen-bond acceptors (Lipinski definition) is 6. The van der Waals surface area contributed by atoms with Gasteiger partial charge in [0.1, 0.15) is 5.75 Å². The fourth-order valence-electron chi connectivity index (χ4n) is 5.57. The van der Waals surface area contributed by atoms with Gasteiger partial charge in [-0.15, -0.1) is 0 Å². The fraction of sp³-hybridized carbons (Fsp3) is 0.588. The third kappa shape index (κ3) is 9.54. The maximum Gasteiger partial charge on any atom is 0.258 e. The average molecular weight is 580 g/mol. The van der Waals surface area contributed by atoms with Crippen molar-refractivity contribution >= 4 is 17.5 Å². The second-order valence-corrected chi connectivity index (χ2v) is 12.4. The number of benzene rings is 2. The summed E-state index contributed by atoms with van der Waals surface area (Å²) in [5.74, 6) is 0.937. The zero-order valence-electron chi connectivity index (χ0n) is 25.8. The summed E-state index contributed by atoms with van der Waals surface area (Å²) >= 11 is 0. The summed E-state index contributed by atoms with van der Waals surface area (Å²) in [6, 6.07) is 14.4. The molecule has 2 N–H and O–H groups in total. The van der Waals surface area contributed by atoms with Gasteiger partial charge in [0.2, 0.25) is 5.91 Å². The lowest BCUT2D eigenvalue weighted by Gasteiger charge is -2.36. The maximum absolute atomic E-state index is 14.2. The van der Waals surface area contributed by atoms with Crippen molar-refractivity contribution in [2.75, 3.05) is 45.2 Å². The van der Waals surface area contributed by atoms with Crippen molar-refractivity contribution in [3.63, 3.8) is 0 Å². The van der Waals surface area contributed by atoms with Crippen LogP contribution in [0.5, 0.6) is 5.75 Å². The molecular formula is C34H49N3O5. The highest BCUT2D eigenvalue weighted by molar-refractivity contribution is 6.00. The standard InChI is InChI=1S/C34H49N3O5/c1-24-20-37(25(2)23-38)34(40)30-19-29(35-33(39)18-27-11-6-5-7-12-27)15-16-31(30)42-26(3)10-8-9-17-41-32(24)22-36(4)21-28-13-14-28/h5-7,11-12,15-16,19,24-26,28,32,38H,8-10,13-14,17-18,20-23H2,1-4H3,(H,35,39)/t24-,25+,26+,32-/m0/s1. The Balaban J connectivity index is 1.59. The van der Waals surface area contributed by atoms with Gasteiger partial charge in [-0.05, 0) is 82.7 Å². The summed E-state index contributed by atoms with van der Waals surface area (Å²) in [5, 5.41) is 13.1. The molecule has 0 spiro atoms. The summed E-state index contributed by atoms with van der Waals surface area (Å²) < 4.78 is 12.8. The summed E-state index contributed by atoms with van der Waals surface area (Å²) in [7, 11) is 2.15. The molecule has 0 bridgehead atoms. The van der Waals surface area contributed by atoms with Gasteiger partial charge in [0, 0.05) is 37.8 Å². The number of anilines is 1. The molecule has 42 heavy (non-hydrogen) atoms. The molecule has 2 aliphatic rings. The number of carbonyl (C=O) groups excluding carboxylic acids is 2. The zero-order chi connectivity index (χ0) is 30.1. The number of nitrogens with one attached hydrogen (secondary N) is 1. The van der Waals surface area contributed by atoms with E-state index >= 15 is 0 Å². The molecule has 0 unspecified atom stereocenters. The highest BCUT2D eigenvalue weighted by Gasteiger charge is 2.31. The molecule has 4 rings (SSSR count). The summed E-state index contributed by atoms with van der Waals surface area (Å²) in [5.41, 5.74) is 1.83. The molecule has 1 saturated carbocycles. The van der Waals surface area contributed by atoms with E-state index in [1.807, 2.05) is 44.2 Å². The van der Waals surface area contributed by atoms with E-state index in [4.69, 9.17) is 9.47 Å². The number of aliphatic hydroxyl groups is 1. The van der Waals surface area contributed by atoms with Crippen molar-refractivity contribution in [3.8, 4) is 5.75 Å². The molecule has 0 radical (unpaired) electrons. The Hall–Kier alpha value is -2.94. The van der Waals surface area contributed by atoms with Crippen LogP contribution in [0.25, 0.3) is 0 Å². The summed E-state index contributed by atoms with van der Waals surface area (Å²) in [6.07, 6.45) is 5.46. The van der Waals surface area contributed by atoms with Crippen LogP contribution in [0.1, 0.15) is 68.8 Å². The van der Waals surface area contributed by atoms with Crippen molar-refractivity contribution in [1.82, 2.24) is 9.80 Å². The smallest absolute Gasteiger partial charge is 0.258 e. The first-order valence-electron chi connectivity index (χ1n) is 15.6. The van der Waals surface area contributed by atoms with Crippen LogP contribution in [0.2, 0.25) is 0 Å². The van der Waals surface area contributed by atoms with Gasteiger partial charge < -0.3 is 29.7 Å². The fourth-order valence-corrected chi connectivity index (χ4v) is 5.57. The topological polar surface area (TPSA) is 91.3 Å². The molecule has 1 aliphatic heterocycles. The number of rotatable bonds is 9. The lowest BCUT2D eigenvalue weighted by molar-refractivity contribution is -0.115. The lowest BCUT2D eigenvalue weighted by Crippen LogP contribution is -2.47. The number of likely N-dealkylation sites (N-methyl/N-ethyl adjacent to an activating group) is 1. The summed E-state index contributed by atoms with van der Waals surface area (Å²) in [6.45, 7) is 8.83. The monoisotopic (exact) mass is 579 g/mol.